The van der Waals surface area contributed by atoms with Gasteiger partial charge in [0.1, 0.15) is 6.04 Å². The van der Waals surface area contributed by atoms with Crippen molar-refractivity contribution < 1.29 is 32.5 Å². The largest absolute Gasteiger partial charge is 0.480 e. The van der Waals surface area contributed by atoms with Crippen molar-refractivity contribution in [1.82, 2.24) is 4.90 Å². The third-order valence-electron chi connectivity index (χ3n) is 4.05. The average Bonchev–Trinajstić information content (AvgIpc) is 2.64. The zero-order valence-corrected chi connectivity index (χ0v) is 15.8. The molecule has 0 bridgehead atoms. The first-order valence-corrected chi connectivity index (χ1v) is 9.89. The molecule has 9 heteroatoms. The molecule has 0 aromatic heterocycles. The van der Waals surface area contributed by atoms with Gasteiger partial charge in [-0.05, 0) is 23.6 Å². The van der Waals surface area contributed by atoms with Gasteiger partial charge in [-0.25, -0.2) is 4.79 Å². The summed E-state index contributed by atoms with van der Waals surface area (Å²) in [6, 6.07) is 13.5. The van der Waals surface area contributed by atoms with Gasteiger partial charge < -0.3 is 5.11 Å². The number of amides is 2. The van der Waals surface area contributed by atoms with E-state index in [1.54, 1.807) is 48.5 Å². The molecule has 1 atom stereocenters. The second-order valence-electron chi connectivity index (χ2n) is 6.03. The van der Waals surface area contributed by atoms with Gasteiger partial charge in [-0.2, -0.15) is 8.42 Å². The standard InChI is InChI=1S/C19H19NO7S/c1-13(21)20(17(19(23)24)11-12-28(25,26)27)18(22)16-10-6-5-9-15(16)14-7-3-2-4-8-14/h2-10,17H,11-12H2,1H3,(H,23,24)(H,25,26,27)/t17-/m0/s1. The average molecular weight is 405 g/mol. The molecular weight excluding hydrogens is 386 g/mol. The molecule has 0 radical (unpaired) electrons. The Bertz CT molecular complexity index is 986. The molecule has 2 rings (SSSR count). The quantitative estimate of drug-likeness (QED) is 0.675. The number of benzene rings is 2. The van der Waals surface area contributed by atoms with Gasteiger partial charge in [-0.3, -0.25) is 19.0 Å². The van der Waals surface area contributed by atoms with Crippen molar-refractivity contribution >= 4 is 27.9 Å². The smallest absolute Gasteiger partial charge is 0.326 e. The van der Waals surface area contributed by atoms with Gasteiger partial charge in [0.15, 0.2) is 0 Å². The second-order valence-corrected chi connectivity index (χ2v) is 7.61. The molecule has 148 valence electrons. The fourth-order valence-electron chi connectivity index (χ4n) is 2.80. The molecular formula is C19H19NO7S. The molecule has 0 aliphatic carbocycles. The lowest BCUT2D eigenvalue weighted by Crippen LogP contribution is -2.48. The van der Waals surface area contributed by atoms with Gasteiger partial charge in [0, 0.05) is 12.5 Å². The summed E-state index contributed by atoms with van der Waals surface area (Å²) in [7, 11) is -4.47. The van der Waals surface area contributed by atoms with Gasteiger partial charge in [-0.15, -0.1) is 0 Å². The van der Waals surface area contributed by atoms with Crippen LogP contribution in [0.4, 0.5) is 0 Å². The molecule has 2 aromatic carbocycles. The Kier molecular flexibility index (Phi) is 6.66. The first kappa shape index (κ1) is 21.3. The Balaban J connectivity index is 2.48. The van der Waals surface area contributed by atoms with Crippen LogP contribution >= 0.6 is 0 Å². The number of imide groups is 1. The van der Waals surface area contributed by atoms with Crippen LogP contribution in [0.25, 0.3) is 11.1 Å². The van der Waals surface area contributed by atoms with Crippen LogP contribution in [0.15, 0.2) is 54.6 Å². The monoisotopic (exact) mass is 405 g/mol. The van der Waals surface area contributed by atoms with Crippen LogP contribution < -0.4 is 0 Å². The topological polar surface area (TPSA) is 129 Å². The van der Waals surface area contributed by atoms with E-state index in [1.807, 2.05) is 0 Å². The summed E-state index contributed by atoms with van der Waals surface area (Å²) in [6.07, 6.45) is -0.632. The van der Waals surface area contributed by atoms with E-state index in [1.165, 1.54) is 6.07 Å². The summed E-state index contributed by atoms with van der Waals surface area (Å²) in [5.41, 5.74) is 1.29. The fourth-order valence-corrected chi connectivity index (χ4v) is 3.32. The maximum Gasteiger partial charge on any atom is 0.326 e. The number of carbonyl (C=O) groups is 3. The van der Waals surface area contributed by atoms with E-state index in [9.17, 15) is 27.9 Å². The van der Waals surface area contributed by atoms with E-state index in [2.05, 4.69) is 0 Å². The third kappa shape index (κ3) is 5.24. The molecule has 0 heterocycles. The minimum Gasteiger partial charge on any atom is -0.480 e. The van der Waals surface area contributed by atoms with E-state index < -0.39 is 46.1 Å². The number of hydrogen-bond acceptors (Lipinski definition) is 5. The normalized spacial score (nSPS) is 12.2. The molecule has 0 saturated heterocycles. The maximum atomic E-state index is 13.1. The first-order valence-electron chi connectivity index (χ1n) is 8.28. The SMILES string of the molecule is CC(=O)N(C(=O)c1ccccc1-c1ccccc1)[C@@H](CCS(=O)(=O)O)C(=O)O. The Labute approximate surface area is 162 Å². The number of carboxylic acids is 1. The summed E-state index contributed by atoms with van der Waals surface area (Å²) in [6.45, 7) is 1.02. The number of rotatable bonds is 7. The van der Waals surface area contributed by atoms with Gasteiger partial charge in [0.25, 0.3) is 16.0 Å². The maximum absolute atomic E-state index is 13.1. The molecule has 2 aromatic rings. The van der Waals surface area contributed by atoms with Crippen LogP contribution in [0.5, 0.6) is 0 Å². The molecule has 0 spiro atoms. The predicted molar refractivity (Wildman–Crippen MR) is 101 cm³/mol. The van der Waals surface area contributed by atoms with Gasteiger partial charge in [0.05, 0.1) is 5.75 Å². The molecule has 0 saturated carbocycles. The fraction of sp³-hybridized carbons (Fsp3) is 0.211. The van der Waals surface area contributed by atoms with Crippen molar-refractivity contribution in [2.75, 3.05) is 5.75 Å². The molecule has 0 fully saturated rings. The van der Waals surface area contributed by atoms with Crippen molar-refractivity contribution in [1.29, 1.82) is 0 Å². The molecule has 0 aliphatic rings. The number of aliphatic carboxylic acids is 1. The van der Waals surface area contributed by atoms with Crippen LogP contribution in [0.1, 0.15) is 23.7 Å². The first-order chi connectivity index (χ1) is 13.1. The van der Waals surface area contributed by atoms with Crippen molar-refractivity contribution in [2.45, 2.75) is 19.4 Å². The van der Waals surface area contributed by atoms with Crippen molar-refractivity contribution in [2.24, 2.45) is 0 Å². The Morgan fingerprint density at radius 1 is 1.00 bits per heavy atom. The highest BCUT2D eigenvalue weighted by atomic mass is 32.2. The van der Waals surface area contributed by atoms with Gasteiger partial charge in [-0.1, -0.05) is 48.5 Å². The lowest BCUT2D eigenvalue weighted by atomic mass is 9.98. The molecule has 8 nitrogen and oxygen atoms in total. The number of nitrogens with zero attached hydrogens (tertiary/aromatic N) is 1. The van der Waals surface area contributed by atoms with Crippen molar-refractivity contribution in [3.8, 4) is 11.1 Å². The summed E-state index contributed by atoms with van der Waals surface area (Å²) >= 11 is 0. The molecule has 2 N–H and O–H groups in total. The molecule has 28 heavy (non-hydrogen) atoms. The number of hydrogen-bond donors (Lipinski definition) is 2. The van der Waals surface area contributed by atoms with Crippen LogP contribution in [0.2, 0.25) is 0 Å². The van der Waals surface area contributed by atoms with Gasteiger partial charge >= 0.3 is 5.97 Å². The summed E-state index contributed by atoms with van der Waals surface area (Å²) in [5, 5.41) is 9.45. The summed E-state index contributed by atoms with van der Waals surface area (Å²) in [5.74, 6) is -4.17. The number of carbonyl (C=O) groups excluding carboxylic acids is 2. The van der Waals surface area contributed by atoms with E-state index >= 15 is 0 Å². The van der Waals surface area contributed by atoms with Crippen LogP contribution in [-0.2, 0) is 19.7 Å². The van der Waals surface area contributed by atoms with Crippen LogP contribution in [-0.4, -0.2) is 52.6 Å². The van der Waals surface area contributed by atoms with E-state index in [-0.39, 0.29) is 5.56 Å². The molecule has 2 amide bonds. The van der Waals surface area contributed by atoms with Crippen molar-refractivity contribution in [3.63, 3.8) is 0 Å². The minimum absolute atomic E-state index is 0.0991. The summed E-state index contributed by atoms with van der Waals surface area (Å²) < 4.78 is 30.9. The molecule has 0 unspecified atom stereocenters. The zero-order chi connectivity index (χ0) is 20.9. The van der Waals surface area contributed by atoms with Crippen molar-refractivity contribution in [3.05, 3.63) is 60.2 Å². The van der Waals surface area contributed by atoms with E-state index in [0.29, 0.717) is 16.0 Å². The highest BCUT2D eigenvalue weighted by Crippen LogP contribution is 2.25. The Hall–Kier alpha value is -3.04. The Morgan fingerprint density at radius 3 is 2.11 bits per heavy atom. The minimum atomic E-state index is -4.47. The van der Waals surface area contributed by atoms with E-state index in [4.69, 9.17) is 4.55 Å². The third-order valence-corrected chi connectivity index (χ3v) is 4.80. The second kappa shape index (κ2) is 8.77. The lowest BCUT2D eigenvalue weighted by molar-refractivity contribution is -0.147. The Morgan fingerprint density at radius 2 is 1.57 bits per heavy atom. The summed E-state index contributed by atoms with van der Waals surface area (Å²) in [4.78, 5) is 37.3. The van der Waals surface area contributed by atoms with Gasteiger partial charge in [0.2, 0.25) is 5.91 Å². The number of carboxylic acid groups (broad SMARTS) is 1. The van der Waals surface area contributed by atoms with Crippen LogP contribution in [0, 0.1) is 0 Å². The van der Waals surface area contributed by atoms with Crippen LogP contribution in [0.3, 0.4) is 0 Å². The van der Waals surface area contributed by atoms with E-state index in [0.717, 1.165) is 6.92 Å². The molecule has 0 aliphatic heterocycles. The lowest BCUT2D eigenvalue weighted by Gasteiger charge is -2.26. The highest BCUT2D eigenvalue weighted by molar-refractivity contribution is 7.85. The highest BCUT2D eigenvalue weighted by Gasteiger charge is 2.35. The zero-order valence-electron chi connectivity index (χ0n) is 15.0. The predicted octanol–water partition coefficient (Wildman–Crippen LogP) is 2.07.